The van der Waals surface area contributed by atoms with Crippen LogP contribution in [0.3, 0.4) is 0 Å². The first-order valence-corrected chi connectivity index (χ1v) is 10.2. The van der Waals surface area contributed by atoms with Crippen LogP contribution in [0.5, 0.6) is 0 Å². The van der Waals surface area contributed by atoms with Gasteiger partial charge in [-0.3, -0.25) is 14.4 Å². The molecule has 1 N–H and O–H groups in total. The summed E-state index contributed by atoms with van der Waals surface area (Å²) in [6.45, 7) is 3.57. The third-order valence-electron chi connectivity index (χ3n) is 5.56. The maximum absolute atomic E-state index is 13.4. The van der Waals surface area contributed by atoms with Crippen molar-refractivity contribution in [3.8, 4) is 0 Å². The van der Waals surface area contributed by atoms with Crippen molar-refractivity contribution in [3.05, 3.63) is 65.2 Å². The van der Waals surface area contributed by atoms with Gasteiger partial charge in [-0.05, 0) is 49.1 Å². The molecule has 4 rings (SSSR count). The van der Waals surface area contributed by atoms with E-state index in [9.17, 15) is 14.4 Å². The van der Waals surface area contributed by atoms with Gasteiger partial charge in [0.05, 0.1) is 17.8 Å². The highest BCUT2D eigenvalue weighted by molar-refractivity contribution is 6.11. The molecule has 0 saturated carbocycles. The SMILES string of the molecule is CCCNC(=O)c1cccc(CN2C(=O)C3CCCN3C(=O)c3ccccc32)c1. The third-order valence-corrected chi connectivity index (χ3v) is 5.56. The van der Waals surface area contributed by atoms with Crippen LogP contribution in [-0.4, -0.2) is 41.8 Å². The third kappa shape index (κ3) is 3.62. The Bertz CT molecular complexity index is 956. The van der Waals surface area contributed by atoms with Crippen molar-refractivity contribution in [2.24, 2.45) is 0 Å². The van der Waals surface area contributed by atoms with Crippen LogP contribution in [0.25, 0.3) is 0 Å². The predicted octanol–water partition coefficient (Wildman–Crippen LogP) is 2.98. The van der Waals surface area contributed by atoms with Gasteiger partial charge in [0.25, 0.3) is 11.8 Å². The molecule has 2 aliphatic rings. The molecule has 0 spiro atoms. The molecule has 1 unspecified atom stereocenters. The lowest BCUT2D eigenvalue weighted by atomic mass is 10.1. The Labute approximate surface area is 170 Å². The second-order valence-corrected chi connectivity index (χ2v) is 7.55. The highest BCUT2D eigenvalue weighted by atomic mass is 16.2. The molecule has 0 bridgehead atoms. The highest BCUT2D eigenvalue weighted by Crippen LogP contribution is 2.33. The van der Waals surface area contributed by atoms with Crippen molar-refractivity contribution >= 4 is 23.4 Å². The van der Waals surface area contributed by atoms with Gasteiger partial charge in [-0.25, -0.2) is 0 Å². The van der Waals surface area contributed by atoms with Crippen LogP contribution in [0, 0.1) is 0 Å². The summed E-state index contributed by atoms with van der Waals surface area (Å²) in [4.78, 5) is 42.1. The molecule has 1 fully saturated rings. The number of benzene rings is 2. The van der Waals surface area contributed by atoms with Crippen molar-refractivity contribution < 1.29 is 14.4 Å². The van der Waals surface area contributed by atoms with Gasteiger partial charge in [0.15, 0.2) is 0 Å². The number of hydrogen-bond donors (Lipinski definition) is 1. The van der Waals surface area contributed by atoms with Crippen LogP contribution in [0.15, 0.2) is 48.5 Å². The van der Waals surface area contributed by atoms with Crippen LogP contribution in [-0.2, 0) is 11.3 Å². The quantitative estimate of drug-likeness (QED) is 0.852. The molecule has 29 heavy (non-hydrogen) atoms. The van der Waals surface area contributed by atoms with Gasteiger partial charge in [0, 0.05) is 18.7 Å². The van der Waals surface area contributed by atoms with Crippen LogP contribution in [0.2, 0.25) is 0 Å². The molecule has 2 aliphatic heterocycles. The largest absolute Gasteiger partial charge is 0.352 e. The van der Waals surface area contributed by atoms with Crippen molar-refractivity contribution in [1.82, 2.24) is 10.2 Å². The number of amides is 3. The fourth-order valence-corrected chi connectivity index (χ4v) is 4.11. The summed E-state index contributed by atoms with van der Waals surface area (Å²) < 4.78 is 0. The van der Waals surface area contributed by atoms with E-state index in [0.717, 1.165) is 18.4 Å². The molecule has 2 aromatic rings. The zero-order valence-corrected chi connectivity index (χ0v) is 16.6. The van der Waals surface area contributed by atoms with Crippen LogP contribution in [0.4, 0.5) is 5.69 Å². The smallest absolute Gasteiger partial charge is 0.256 e. The summed E-state index contributed by atoms with van der Waals surface area (Å²) >= 11 is 0. The molecular weight excluding hydrogens is 366 g/mol. The van der Waals surface area contributed by atoms with Gasteiger partial charge in [-0.1, -0.05) is 31.2 Å². The first-order chi connectivity index (χ1) is 14.1. The predicted molar refractivity (Wildman–Crippen MR) is 111 cm³/mol. The average Bonchev–Trinajstić information content (AvgIpc) is 3.22. The topological polar surface area (TPSA) is 69.7 Å². The number of anilines is 1. The first-order valence-electron chi connectivity index (χ1n) is 10.2. The summed E-state index contributed by atoms with van der Waals surface area (Å²) in [5, 5.41) is 2.88. The van der Waals surface area contributed by atoms with Crippen molar-refractivity contribution in [2.75, 3.05) is 18.0 Å². The van der Waals surface area contributed by atoms with E-state index in [0.29, 0.717) is 42.9 Å². The van der Waals surface area contributed by atoms with Crippen molar-refractivity contribution in [2.45, 2.75) is 38.8 Å². The second kappa shape index (κ2) is 8.07. The number of hydrogen-bond acceptors (Lipinski definition) is 3. The number of rotatable bonds is 5. The maximum atomic E-state index is 13.4. The molecule has 6 nitrogen and oxygen atoms in total. The zero-order valence-electron chi connectivity index (χ0n) is 16.6. The minimum Gasteiger partial charge on any atom is -0.352 e. The number of nitrogens with one attached hydrogen (secondary N) is 1. The second-order valence-electron chi connectivity index (χ2n) is 7.55. The molecule has 2 aromatic carbocycles. The lowest BCUT2D eigenvalue weighted by Crippen LogP contribution is -2.44. The van der Waals surface area contributed by atoms with Crippen LogP contribution < -0.4 is 10.2 Å². The summed E-state index contributed by atoms with van der Waals surface area (Å²) in [5.74, 6) is -0.248. The van der Waals surface area contributed by atoms with E-state index < -0.39 is 6.04 Å². The van der Waals surface area contributed by atoms with E-state index in [4.69, 9.17) is 0 Å². The lowest BCUT2D eigenvalue weighted by Gasteiger charge is -2.26. The zero-order chi connectivity index (χ0) is 20.4. The highest BCUT2D eigenvalue weighted by Gasteiger charge is 2.41. The van der Waals surface area contributed by atoms with Crippen LogP contribution in [0.1, 0.15) is 52.5 Å². The van der Waals surface area contributed by atoms with Gasteiger partial charge in [-0.15, -0.1) is 0 Å². The Morgan fingerprint density at radius 3 is 2.79 bits per heavy atom. The van der Waals surface area contributed by atoms with E-state index in [1.165, 1.54) is 0 Å². The molecule has 2 heterocycles. The minimum absolute atomic E-state index is 0.0540. The Morgan fingerprint density at radius 1 is 1.14 bits per heavy atom. The van der Waals surface area contributed by atoms with E-state index in [1.54, 1.807) is 21.9 Å². The van der Waals surface area contributed by atoms with E-state index in [2.05, 4.69) is 5.32 Å². The molecule has 0 radical (unpaired) electrons. The molecule has 6 heteroatoms. The maximum Gasteiger partial charge on any atom is 0.256 e. The van der Waals surface area contributed by atoms with Gasteiger partial charge in [0.1, 0.15) is 6.04 Å². The van der Waals surface area contributed by atoms with Gasteiger partial charge in [-0.2, -0.15) is 0 Å². The Hall–Kier alpha value is -3.15. The molecule has 3 amide bonds. The van der Waals surface area contributed by atoms with Crippen LogP contribution >= 0.6 is 0 Å². The Balaban J connectivity index is 1.67. The van der Waals surface area contributed by atoms with E-state index >= 15 is 0 Å². The summed E-state index contributed by atoms with van der Waals surface area (Å²) in [6.07, 6.45) is 2.40. The van der Waals surface area contributed by atoms with Gasteiger partial charge in [0.2, 0.25) is 5.91 Å². The number of carbonyl (C=O) groups is 3. The first kappa shape index (κ1) is 19.2. The number of carbonyl (C=O) groups excluding carboxylic acids is 3. The molecular formula is C23H25N3O3. The molecule has 0 aromatic heterocycles. The van der Waals surface area contributed by atoms with E-state index in [1.807, 2.05) is 43.3 Å². The minimum atomic E-state index is -0.411. The fraction of sp³-hybridized carbons (Fsp3) is 0.348. The van der Waals surface area contributed by atoms with E-state index in [-0.39, 0.29) is 17.7 Å². The molecule has 150 valence electrons. The monoisotopic (exact) mass is 391 g/mol. The van der Waals surface area contributed by atoms with Crippen molar-refractivity contribution in [1.29, 1.82) is 0 Å². The van der Waals surface area contributed by atoms with Crippen molar-refractivity contribution in [3.63, 3.8) is 0 Å². The number of nitrogens with zero attached hydrogens (tertiary/aromatic N) is 2. The number of para-hydroxylation sites is 1. The van der Waals surface area contributed by atoms with Gasteiger partial charge < -0.3 is 15.1 Å². The average molecular weight is 391 g/mol. The Morgan fingerprint density at radius 2 is 1.97 bits per heavy atom. The fourth-order valence-electron chi connectivity index (χ4n) is 4.11. The standard InChI is InChI=1S/C23H25N3O3/c1-2-12-24-21(27)17-8-5-7-16(14-17)15-26-19-10-4-3-9-18(19)22(28)25-13-6-11-20(25)23(26)29/h3-5,7-10,14,20H,2,6,11-13,15H2,1H3,(H,24,27). The molecule has 0 aliphatic carbocycles. The lowest BCUT2D eigenvalue weighted by molar-refractivity contribution is -0.122. The molecule has 1 atom stereocenters. The summed E-state index contributed by atoms with van der Waals surface area (Å²) in [6, 6.07) is 14.2. The molecule has 1 saturated heterocycles. The van der Waals surface area contributed by atoms with Gasteiger partial charge >= 0.3 is 0 Å². The normalized spacial score (nSPS) is 18.3. The summed E-state index contributed by atoms with van der Waals surface area (Å²) in [7, 11) is 0. The Kier molecular flexibility index (Phi) is 5.34. The summed E-state index contributed by atoms with van der Waals surface area (Å²) in [5.41, 5.74) is 2.63. The number of fused-ring (bicyclic) bond motifs is 2.